The fourth-order valence-electron chi connectivity index (χ4n) is 1.67. The molecule has 0 aliphatic carbocycles. The summed E-state index contributed by atoms with van der Waals surface area (Å²) in [7, 11) is 0. The zero-order valence-electron chi connectivity index (χ0n) is 10.3. The van der Waals surface area contributed by atoms with Crippen LogP contribution in [-0.2, 0) is 13.2 Å². The van der Waals surface area contributed by atoms with Crippen molar-refractivity contribution in [3.63, 3.8) is 0 Å². The highest BCUT2D eigenvalue weighted by Gasteiger charge is 1.99. The van der Waals surface area contributed by atoms with Crippen LogP contribution in [0, 0.1) is 12.7 Å². The number of rotatable bonds is 4. The van der Waals surface area contributed by atoms with E-state index in [9.17, 15) is 4.39 Å². The van der Waals surface area contributed by atoms with Crippen LogP contribution in [-0.4, -0.2) is 5.11 Å². The van der Waals surface area contributed by atoms with Crippen molar-refractivity contribution in [1.82, 2.24) is 0 Å². The van der Waals surface area contributed by atoms with Gasteiger partial charge < -0.3 is 10.4 Å². The number of aliphatic hydroxyl groups is 1. The van der Waals surface area contributed by atoms with Crippen LogP contribution in [0.15, 0.2) is 42.5 Å². The Kier molecular flexibility index (Phi) is 3.95. The molecular weight excluding hydrogens is 229 g/mol. The van der Waals surface area contributed by atoms with E-state index in [0.29, 0.717) is 12.1 Å². The van der Waals surface area contributed by atoms with Gasteiger partial charge in [0, 0.05) is 12.2 Å². The predicted octanol–water partition coefficient (Wildman–Crippen LogP) is 3.24. The molecule has 2 rings (SSSR count). The highest BCUT2D eigenvalue weighted by molar-refractivity contribution is 5.45. The first-order valence-corrected chi connectivity index (χ1v) is 5.88. The Morgan fingerprint density at radius 1 is 1.06 bits per heavy atom. The Morgan fingerprint density at radius 2 is 1.72 bits per heavy atom. The molecule has 2 nitrogen and oxygen atoms in total. The molecule has 0 atom stereocenters. The van der Waals surface area contributed by atoms with E-state index < -0.39 is 0 Å². The van der Waals surface area contributed by atoms with E-state index in [2.05, 4.69) is 5.32 Å². The van der Waals surface area contributed by atoms with Crippen LogP contribution in [0.4, 0.5) is 10.1 Å². The zero-order valence-corrected chi connectivity index (χ0v) is 10.3. The molecule has 0 saturated carbocycles. The molecule has 2 aromatic rings. The molecule has 0 bridgehead atoms. The summed E-state index contributed by atoms with van der Waals surface area (Å²) < 4.78 is 13.3. The number of nitrogens with one attached hydrogen (secondary N) is 1. The standard InChI is InChI=1S/C15H16FNO/c1-11-2-7-14(8-15(11)16)17-9-12-3-5-13(10-18)6-4-12/h2-8,17-18H,9-10H2,1H3. The van der Waals surface area contributed by atoms with Crippen molar-refractivity contribution in [1.29, 1.82) is 0 Å². The molecule has 0 heterocycles. The maximum Gasteiger partial charge on any atom is 0.128 e. The third-order valence-electron chi connectivity index (χ3n) is 2.87. The Bertz CT molecular complexity index is 523. The molecule has 3 heteroatoms. The second-order valence-electron chi connectivity index (χ2n) is 4.29. The van der Waals surface area contributed by atoms with Gasteiger partial charge in [0.05, 0.1) is 6.61 Å². The van der Waals surface area contributed by atoms with Crippen molar-refractivity contribution >= 4 is 5.69 Å². The number of anilines is 1. The minimum atomic E-state index is -0.198. The van der Waals surface area contributed by atoms with E-state index in [1.54, 1.807) is 13.0 Å². The summed E-state index contributed by atoms with van der Waals surface area (Å²) in [5, 5.41) is 12.1. The lowest BCUT2D eigenvalue weighted by atomic mass is 10.1. The second-order valence-corrected chi connectivity index (χ2v) is 4.29. The average Bonchev–Trinajstić information content (AvgIpc) is 2.41. The summed E-state index contributed by atoms with van der Waals surface area (Å²) in [6.45, 7) is 2.43. The predicted molar refractivity (Wildman–Crippen MR) is 70.8 cm³/mol. The van der Waals surface area contributed by atoms with Gasteiger partial charge in [-0.05, 0) is 35.7 Å². The second kappa shape index (κ2) is 5.65. The monoisotopic (exact) mass is 245 g/mol. The largest absolute Gasteiger partial charge is 0.392 e. The van der Waals surface area contributed by atoms with Crippen LogP contribution in [0.5, 0.6) is 0 Å². The first kappa shape index (κ1) is 12.6. The van der Waals surface area contributed by atoms with E-state index in [-0.39, 0.29) is 12.4 Å². The lowest BCUT2D eigenvalue weighted by Gasteiger charge is -2.08. The third-order valence-corrected chi connectivity index (χ3v) is 2.87. The van der Waals surface area contributed by atoms with Crippen molar-refractivity contribution in [3.05, 3.63) is 65.0 Å². The first-order chi connectivity index (χ1) is 8.69. The van der Waals surface area contributed by atoms with Gasteiger partial charge in [0.25, 0.3) is 0 Å². The highest BCUT2D eigenvalue weighted by atomic mass is 19.1. The molecule has 0 fully saturated rings. The fraction of sp³-hybridized carbons (Fsp3) is 0.200. The molecule has 0 unspecified atom stereocenters. The van der Waals surface area contributed by atoms with E-state index in [4.69, 9.17) is 5.11 Å². The van der Waals surface area contributed by atoms with Gasteiger partial charge in [-0.15, -0.1) is 0 Å². The topological polar surface area (TPSA) is 32.3 Å². The molecule has 94 valence electrons. The lowest BCUT2D eigenvalue weighted by molar-refractivity contribution is 0.282. The average molecular weight is 245 g/mol. The maximum absolute atomic E-state index is 13.3. The third kappa shape index (κ3) is 3.08. The minimum Gasteiger partial charge on any atom is -0.392 e. The number of hydrogen-bond donors (Lipinski definition) is 2. The number of hydrogen-bond acceptors (Lipinski definition) is 2. The van der Waals surface area contributed by atoms with Crippen LogP contribution in [0.25, 0.3) is 0 Å². The van der Waals surface area contributed by atoms with Gasteiger partial charge in [0.2, 0.25) is 0 Å². The fourth-order valence-corrected chi connectivity index (χ4v) is 1.67. The first-order valence-electron chi connectivity index (χ1n) is 5.88. The van der Waals surface area contributed by atoms with E-state index >= 15 is 0 Å². The Balaban J connectivity index is 1.99. The number of aliphatic hydroxyl groups excluding tert-OH is 1. The van der Waals surface area contributed by atoms with Crippen LogP contribution >= 0.6 is 0 Å². The summed E-state index contributed by atoms with van der Waals surface area (Å²) in [6.07, 6.45) is 0. The molecule has 0 aliphatic heterocycles. The van der Waals surface area contributed by atoms with Gasteiger partial charge in [-0.1, -0.05) is 30.3 Å². The Morgan fingerprint density at radius 3 is 2.33 bits per heavy atom. The SMILES string of the molecule is Cc1ccc(NCc2ccc(CO)cc2)cc1F. The molecule has 0 amide bonds. The number of aryl methyl sites for hydroxylation is 1. The van der Waals surface area contributed by atoms with E-state index in [1.165, 1.54) is 6.07 Å². The minimum absolute atomic E-state index is 0.0525. The normalized spacial score (nSPS) is 10.4. The molecule has 0 radical (unpaired) electrons. The van der Waals surface area contributed by atoms with Gasteiger partial charge in [0.15, 0.2) is 0 Å². The van der Waals surface area contributed by atoms with E-state index in [0.717, 1.165) is 16.8 Å². The van der Waals surface area contributed by atoms with E-state index in [1.807, 2.05) is 30.3 Å². The molecular formula is C15H16FNO. The maximum atomic E-state index is 13.3. The van der Waals surface area contributed by atoms with Crippen molar-refractivity contribution in [2.24, 2.45) is 0 Å². The molecule has 0 aromatic heterocycles. The Hall–Kier alpha value is -1.87. The quantitative estimate of drug-likeness (QED) is 0.866. The van der Waals surface area contributed by atoms with Gasteiger partial charge in [-0.3, -0.25) is 0 Å². The Labute approximate surface area is 106 Å². The van der Waals surface area contributed by atoms with Gasteiger partial charge in [-0.25, -0.2) is 4.39 Å². The van der Waals surface area contributed by atoms with Crippen molar-refractivity contribution in [2.45, 2.75) is 20.1 Å². The molecule has 0 saturated heterocycles. The summed E-state index contributed by atoms with van der Waals surface area (Å²) >= 11 is 0. The summed E-state index contributed by atoms with van der Waals surface area (Å²) in [4.78, 5) is 0. The summed E-state index contributed by atoms with van der Waals surface area (Å²) in [5.74, 6) is -0.198. The van der Waals surface area contributed by atoms with Crippen molar-refractivity contribution in [3.8, 4) is 0 Å². The number of halogens is 1. The zero-order chi connectivity index (χ0) is 13.0. The molecule has 18 heavy (non-hydrogen) atoms. The van der Waals surface area contributed by atoms with Crippen molar-refractivity contribution in [2.75, 3.05) is 5.32 Å². The lowest BCUT2D eigenvalue weighted by Crippen LogP contribution is -2.00. The summed E-state index contributed by atoms with van der Waals surface area (Å²) in [6, 6.07) is 12.8. The van der Waals surface area contributed by atoms with Crippen LogP contribution in [0.2, 0.25) is 0 Å². The molecule has 2 N–H and O–H groups in total. The van der Waals surface area contributed by atoms with Gasteiger partial charge >= 0.3 is 0 Å². The molecule has 2 aromatic carbocycles. The van der Waals surface area contributed by atoms with Gasteiger partial charge in [-0.2, -0.15) is 0 Å². The summed E-state index contributed by atoms with van der Waals surface area (Å²) in [5.41, 5.74) is 3.39. The smallest absolute Gasteiger partial charge is 0.128 e. The van der Waals surface area contributed by atoms with Crippen LogP contribution < -0.4 is 5.32 Å². The van der Waals surface area contributed by atoms with Crippen LogP contribution in [0.3, 0.4) is 0 Å². The van der Waals surface area contributed by atoms with Gasteiger partial charge in [0.1, 0.15) is 5.82 Å². The highest BCUT2D eigenvalue weighted by Crippen LogP contribution is 2.15. The molecule has 0 spiro atoms. The van der Waals surface area contributed by atoms with Crippen molar-refractivity contribution < 1.29 is 9.50 Å². The van der Waals surface area contributed by atoms with Crippen LogP contribution in [0.1, 0.15) is 16.7 Å². The number of benzene rings is 2. The molecule has 0 aliphatic rings.